The molecule has 3 heterocycles. The molecule has 1 N–H and O–H groups in total. The lowest BCUT2D eigenvalue weighted by Crippen LogP contribution is -2.44. The molecule has 0 spiro atoms. The average Bonchev–Trinajstić information content (AvgIpc) is 2.67. The summed E-state index contributed by atoms with van der Waals surface area (Å²) < 4.78 is 0. The third-order valence-electron chi connectivity index (χ3n) is 4.01. The quantitative estimate of drug-likeness (QED) is 0.456. The summed E-state index contributed by atoms with van der Waals surface area (Å²) in [6.45, 7) is 12.7. The first-order chi connectivity index (χ1) is 12.3. The lowest BCUT2D eigenvalue weighted by atomic mass is 10.3. The zero-order valence-corrected chi connectivity index (χ0v) is 15.3. The Balaban J connectivity index is 2.17. The number of hydrogen-bond donors (Lipinski definition) is 1. The standard InChI is InChI=1S/C17H23N7S/c1-4-8-23(9-5-2)15-13-14(16(25-3)20-12-19-13)21-17(22-15)24-10-6-18-7-11-24/h4-5,12,18H,1-2,6-11H2,3H3. The molecule has 0 saturated carbocycles. The summed E-state index contributed by atoms with van der Waals surface area (Å²) in [5.74, 6) is 1.53. The van der Waals surface area contributed by atoms with E-state index < -0.39 is 0 Å². The molecular weight excluding hydrogens is 334 g/mol. The van der Waals surface area contributed by atoms with E-state index in [1.807, 2.05) is 18.4 Å². The van der Waals surface area contributed by atoms with Crippen LogP contribution >= 0.6 is 11.8 Å². The van der Waals surface area contributed by atoms with Gasteiger partial charge >= 0.3 is 0 Å². The van der Waals surface area contributed by atoms with Crippen LogP contribution in [0.5, 0.6) is 0 Å². The molecule has 0 radical (unpaired) electrons. The van der Waals surface area contributed by atoms with Crippen molar-refractivity contribution in [3.63, 3.8) is 0 Å². The number of fused-ring (bicyclic) bond motifs is 1. The summed E-state index contributed by atoms with van der Waals surface area (Å²) in [5, 5.41) is 4.22. The van der Waals surface area contributed by atoms with Crippen LogP contribution < -0.4 is 15.1 Å². The Morgan fingerprint density at radius 1 is 1.16 bits per heavy atom. The Kier molecular flexibility index (Phi) is 5.83. The summed E-state index contributed by atoms with van der Waals surface area (Å²) >= 11 is 1.57. The number of anilines is 2. The molecule has 8 heteroatoms. The molecular formula is C17H23N7S. The fourth-order valence-corrected chi connectivity index (χ4v) is 3.32. The minimum Gasteiger partial charge on any atom is -0.347 e. The van der Waals surface area contributed by atoms with Crippen molar-refractivity contribution in [2.75, 3.05) is 55.3 Å². The number of rotatable bonds is 7. The van der Waals surface area contributed by atoms with Crippen molar-refractivity contribution in [3.8, 4) is 0 Å². The summed E-state index contributed by atoms with van der Waals surface area (Å²) in [6, 6.07) is 0. The van der Waals surface area contributed by atoms with E-state index in [-0.39, 0.29) is 0 Å². The maximum absolute atomic E-state index is 4.86. The van der Waals surface area contributed by atoms with Crippen LogP contribution in [-0.4, -0.2) is 65.5 Å². The zero-order chi connectivity index (χ0) is 17.6. The first-order valence-electron chi connectivity index (χ1n) is 8.27. The van der Waals surface area contributed by atoms with Crippen LogP contribution in [0.3, 0.4) is 0 Å². The van der Waals surface area contributed by atoms with Crippen LogP contribution in [0.15, 0.2) is 36.7 Å². The number of thioether (sulfide) groups is 1. The minimum absolute atomic E-state index is 0.664. The second-order valence-corrected chi connectivity index (χ2v) is 6.44. The normalized spacial score (nSPS) is 14.5. The SMILES string of the molecule is C=CCN(CC=C)c1nc(N2CCNCC2)nc2c(SC)ncnc12. The maximum Gasteiger partial charge on any atom is 0.228 e. The number of hydrogen-bond acceptors (Lipinski definition) is 8. The Morgan fingerprint density at radius 2 is 1.88 bits per heavy atom. The number of nitrogens with zero attached hydrogens (tertiary/aromatic N) is 6. The van der Waals surface area contributed by atoms with Crippen LogP contribution in [0.2, 0.25) is 0 Å². The van der Waals surface area contributed by atoms with E-state index in [1.165, 1.54) is 0 Å². The fourth-order valence-electron chi connectivity index (χ4n) is 2.83. The van der Waals surface area contributed by atoms with Crippen molar-refractivity contribution < 1.29 is 0 Å². The summed E-state index contributed by atoms with van der Waals surface area (Å²) in [7, 11) is 0. The first kappa shape index (κ1) is 17.6. The van der Waals surface area contributed by atoms with E-state index in [1.54, 1.807) is 18.1 Å². The summed E-state index contributed by atoms with van der Waals surface area (Å²) in [6.07, 6.45) is 7.29. The highest BCUT2D eigenvalue weighted by Crippen LogP contribution is 2.29. The van der Waals surface area contributed by atoms with Gasteiger partial charge in [0.1, 0.15) is 22.4 Å². The van der Waals surface area contributed by atoms with Crippen molar-refractivity contribution in [1.82, 2.24) is 25.3 Å². The minimum atomic E-state index is 0.664. The van der Waals surface area contributed by atoms with E-state index in [9.17, 15) is 0 Å². The molecule has 0 atom stereocenters. The molecule has 25 heavy (non-hydrogen) atoms. The zero-order valence-electron chi connectivity index (χ0n) is 14.5. The largest absolute Gasteiger partial charge is 0.347 e. The van der Waals surface area contributed by atoms with Crippen LogP contribution in [0.1, 0.15) is 0 Å². The van der Waals surface area contributed by atoms with E-state index in [4.69, 9.17) is 9.97 Å². The molecule has 1 saturated heterocycles. The van der Waals surface area contributed by atoms with Gasteiger partial charge in [0.2, 0.25) is 5.95 Å². The molecule has 2 aromatic rings. The smallest absolute Gasteiger partial charge is 0.228 e. The number of nitrogens with one attached hydrogen (secondary N) is 1. The molecule has 1 aliphatic rings. The highest BCUT2D eigenvalue weighted by atomic mass is 32.2. The molecule has 0 amide bonds. The predicted octanol–water partition coefficient (Wildman–Crippen LogP) is 1.73. The average molecular weight is 357 g/mol. The monoisotopic (exact) mass is 357 g/mol. The molecule has 7 nitrogen and oxygen atoms in total. The number of aromatic nitrogens is 4. The topological polar surface area (TPSA) is 70.1 Å². The first-order valence-corrected chi connectivity index (χ1v) is 9.50. The van der Waals surface area contributed by atoms with Gasteiger partial charge in [-0.25, -0.2) is 15.0 Å². The molecule has 2 aromatic heterocycles. The Hall–Kier alpha value is -2.19. The third-order valence-corrected chi connectivity index (χ3v) is 4.70. The second kappa shape index (κ2) is 8.26. The van der Waals surface area contributed by atoms with E-state index in [0.29, 0.717) is 13.1 Å². The molecule has 132 valence electrons. The van der Waals surface area contributed by atoms with Crippen LogP contribution in [-0.2, 0) is 0 Å². The van der Waals surface area contributed by atoms with Crippen molar-refractivity contribution >= 4 is 34.6 Å². The van der Waals surface area contributed by atoms with Crippen LogP contribution in [0.25, 0.3) is 11.0 Å². The van der Waals surface area contributed by atoms with Crippen LogP contribution in [0.4, 0.5) is 11.8 Å². The molecule has 3 rings (SSSR count). The summed E-state index contributed by atoms with van der Waals surface area (Å²) in [5.41, 5.74) is 1.56. The fraction of sp³-hybridized carbons (Fsp3) is 0.412. The van der Waals surface area contributed by atoms with Gasteiger partial charge in [0.25, 0.3) is 0 Å². The van der Waals surface area contributed by atoms with Crippen LogP contribution in [0, 0.1) is 0 Å². The van der Waals surface area contributed by atoms with E-state index >= 15 is 0 Å². The van der Waals surface area contributed by atoms with Gasteiger partial charge in [-0.15, -0.1) is 24.9 Å². The third kappa shape index (κ3) is 3.74. The molecule has 1 fully saturated rings. The van der Waals surface area contributed by atoms with E-state index in [0.717, 1.165) is 54.0 Å². The molecule has 1 aliphatic heterocycles. The van der Waals surface area contributed by atoms with Crippen molar-refractivity contribution in [2.24, 2.45) is 0 Å². The van der Waals surface area contributed by atoms with E-state index in [2.05, 4.69) is 38.2 Å². The second-order valence-electron chi connectivity index (χ2n) is 5.65. The maximum atomic E-state index is 4.86. The Morgan fingerprint density at radius 3 is 2.52 bits per heavy atom. The van der Waals surface area contributed by atoms with Gasteiger partial charge in [0.15, 0.2) is 5.82 Å². The van der Waals surface area contributed by atoms with Gasteiger partial charge < -0.3 is 15.1 Å². The Labute approximate surface area is 152 Å². The predicted molar refractivity (Wildman–Crippen MR) is 105 cm³/mol. The Bertz CT molecular complexity index is 748. The molecule has 0 aromatic carbocycles. The molecule has 0 bridgehead atoms. The van der Waals surface area contributed by atoms with Crippen molar-refractivity contribution in [2.45, 2.75) is 5.03 Å². The highest BCUT2D eigenvalue weighted by Gasteiger charge is 2.21. The molecule has 0 aliphatic carbocycles. The number of piperazine rings is 1. The van der Waals surface area contributed by atoms with Gasteiger partial charge in [-0.1, -0.05) is 12.2 Å². The van der Waals surface area contributed by atoms with Crippen molar-refractivity contribution in [1.29, 1.82) is 0 Å². The van der Waals surface area contributed by atoms with Gasteiger partial charge in [-0.2, -0.15) is 4.98 Å². The lowest BCUT2D eigenvalue weighted by Gasteiger charge is -2.29. The highest BCUT2D eigenvalue weighted by molar-refractivity contribution is 7.98. The lowest BCUT2D eigenvalue weighted by molar-refractivity contribution is 0.580. The summed E-state index contributed by atoms with van der Waals surface area (Å²) in [4.78, 5) is 22.8. The van der Waals surface area contributed by atoms with Crippen molar-refractivity contribution in [3.05, 3.63) is 31.6 Å². The van der Waals surface area contributed by atoms with Gasteiger partial charge in [0, 0.05) is 39.3 Å². The van der Waals surface area contributed by atoms with Gasteiger partial charge in [0.05, 0.1) is 0 Å². The van der Waals surface area contributed by atoms with Gasteiger partial charge in [-0.05, 0) is 6.26 Å². The molecule has 0 unspecified atom stereocenters. The van der Waals surface area contributed by atoms with Gasteiger partial charge in [-0.3, -0.25) is 0 Å².